The Kier molecular flexibility index (Phi) is 5.14. The number of likely N-dealkylation sites (tertiary alicyclic amines) is 1. The number of piperidine rings is 1. The van der Waals surface area contributed by atoms with Gasteiger partial charge in [-0.1, -0.05) is 42.5 Å². The lowest BCUT2D eigenvalue weighted by atomic mass is 9.97. The Hall–Kier alpha value is -2.36. The molecule has 1 amide bonds. The molecule has 2 aromatic carbocycles. The Bertz CT molecular complexity index is 740. The molecule has 4 heteroatoms. The molecular formula is C20H23NO3. The van der Waals surface area contributed by atoms with Gasteiger partial charge in [0.1, 0.15) is 0 Å². The molecule has 1 saturated heterocycles. The fourth-order valence-corrected chi connectivity index (χ4v) is 3.29. The van der Waals surface area contributed by atoms with E-state index in [1.54, 1.807) is 4.90 Å². The minimum Gasteiger partial charge on any atom is -0.466 e. The monoisotopic (exact) mass is 325 g/mol. The van der Waals surface area contributed by atoms with Crippen molar-refractivity contribution in [3.63, 3.8) is 0 Å². The number of hydrogen-bond acceptors (Lipinski definition) is 3. The molecule has 126 valence electrons. The first-order chi connectivity index (χ1) is 11.7. The maximum Gasteiger partial charge on any atom is 0.310 e. The van der Waals surface area contributed by atoms with Crippen molar-refractivity contribution in [2.45, 2.75) is 26.2 Å². The number of esters is 1. The number of nitrogens with zero attached hydrogens (tertiary/aromatic N) is 1. The van der Waals surface area contributed by atoms with E-state index in [1.807, 2.05) is 25.1 Å². The number of carbonyl (C=O) groups is 2. The Balaban J connectivity index is 1.65. The van der Waals surface area contributed by atoms with Crippen molar-refractivity contribution in [3.8, 4) is 0 Å². The highest BCUT2D eigenvalue weighted by Gasteiger charge is 2.29. The van der Waals surface area contributed by atoms with Crippen molar-refractivity contribution < 1.29 is 14.3 Å². The van der Waals surface area contributed by atoms with Gasteiger partial charge in [-0.15, -0.1) is 0 Å². The number of carbonyl (C=O) groups excluding carboxylic acids is 2. The average Bonchev–Trinajstić information content (AvgIpc) is 2.62. The van der Waals surface area contributed by atoms with E-state index < -0.39 is 0 Å². The first kappa shape index (κ1) is 16.5. The molecule has 1 unspecified atom stereocenters. The number of fused-ring (bicyclic) bond motifs is 1. The van der Waals surface area contributed by atoms with Gasteiger partial charge in [0.15, 0.2) is 0 Å². The highest BCUT2D eigenvalue weighted by molar-refractivity contribution is 5.85. The quantitative estimate of drug-likeness (QED) is 0.811. The Morgan fingerprint density at radius 3 is 2.75 bits per heavy atom. The SMILES string of the molecule is CCOC(=O)C1CCCN(C(=O)Cc2ccc3ccccc3c2)C1. The summed E-state index contributed by atoms with van der Waals surface area (Å²) in [5.74, 6) is -0.278. The molecule has 0 saturated carbocycles. The van der Waals surface area contributed by atoms with E-state index in [-0.39, 0.29) is 17.8 Å². The minimum atomic E-state index is -0.181. The number of benzene rings is 2. The highest BCUT2D eigenvalue weighted by Crippen LogP contribution is 2.20. The molecule has 0 radical (unpaired) electrons. The lowest BCUT2D eigenvalue weighted by Gasteiger charge is -2.31. The van der Waals surface area contributed by atoms with Crippen LogP contribution in [0.2, 0.25) is 0 Å². The van der Waals surface area contributed by atoms with E-state index in [1.165, 1.54) is 5.39 Å². The summed E-state index contributed by atoms with van der Waals surface area (Å²) in [6.45, 7) is 3.40. The van der Waals surface area contributed by atoms with Crippen LogP contribution in [0.1, 0.15) is 25.3 Å². The maximum atomic E-state index is 12.6. The summed E-state index contributed by atoms with van der Waals surface area (Å²) in [6.07, 6.45) is 2.03. The molecule has 1 aliphatic heterocycles. The molecule has 1 heterocycles. The van der Waals surface area contributed by atoms with Crippen LogP contribution in [0.15, 0.2) is 42.5 Å². The first-order valence-electron chi connectivity index (χ1n) is 8.59. The average molecular weight is 325 g/mol. The molecule has 0 spiro atoms. The second-order valence-corrected chi connectivity index (χ2v) is 6.29. The summed E-state index contributed by atoms with van der Waals surface area (Å²) in [6, 6.07) is 14.3. The summed E-state index contributed by atoms with van der Waals surface area (Å²) >= 11 is 0. The van der Waals surface area contributed by atoms with Crippen LogP contribution in [0.5, 0.6) is 0 Å². The third-order valence-electron chi connectivity index (χ3n) is 4.56. The number of rotatable bonds is 4. The fraction of sp³-hybridized carbons (Fsp3) is 0.400. The van der Waals surface area contributed by atoms with Gasteiger partial charge in [0.05, 0.1) is 18.9 Å². The van der Waals surface area contributed by atoms with Crippen molar-refractivity contribution in [1.29, 1.82) is 0 Å². The zero-order valence-corrected chi connectivity index (χ0v) is 14.0. The van der Waals surface area contributed by atoms with Crippen molar-refractivity contribution in [3.05, 3.63) is 48.0 Å². The molecule has 3 rings (SSSR count). The molecular weight excluding hydrogens is 302 g/mol. The van der Waals surface area contributed by atoms with Gasteiger partial charge in [0.25, 0.3) is 0 Å². The standard InChI is InChI=1S/C20H23NO3/c1-2-24-20(23)18-8-5-11-21(14-18)19(22)13-15-9-10-16-6-3-4-7-17(16)12-15/h3-4,6-7,9-10,12,18H,2,5,8,11,13-14H2,1H3. The Labute approximate surface area is 142 Å². The van der Waals surface area contributed by atoms with E-state index in [9.17, 15) is 9.59 Å². The van der Waals surface area contributed by atoms with Crippen LogP contribution in [0, 0.1) is 5.92 Å². The maximum absolute atomic E-state index is 12.6. The van der Waals surface area contributed by atoms with E-state index in [2.05, 4.69) is 24.3 Å². The Morgan fingerprint density at radius 1 is 1.17 bits per heavy atom. The van der Waals surface area contributed by atoms with E-state index in [4.69, 9.17) is 4.74 Å². The van der Waals surface area contributed by atoms with Crippen LogP contribution >= 0.6 is 0 Å². The summed E-state index contributed by atoms with van der Waals surface area (Å²) in [4.78, 5) is 26.3. The summed E-state index contributed by atoms with van der Waals surface area (Å²) in [5, 5.41) is 2.32. The second kappa shape index (κ2) is 7.47. The minimum absolute atomic E-state index is 0.0827. The van der Waals surface area contributed by atoms with Crippen LogP contribution in [0.3, 0.4) is 0 Å². The van der Waals surface area contributed by atoms with Gasteiger partial charge in [-0.25, -0.2) is 0 Å². The topological polar surface area (TPSA) is 46.6 Å². The smallest absolute Gasteiger partial charge is 0.310 e. The van der Waals surface area contributed by atoms with E-state index >= 15 is 0 Å². The van der Waals surface area contributed by atoms with Gasteiger partial charge >= 0.3 is 5.97 Å². The number of amides is 1. The second-order valence-electron chi connectivity index (χ2n) is 6.29. The fourth-order valence-electron chi connectivity index (χ4n) is 3.29. The van der Waals surface area contributed by atoms with Gasteiger partial charge in [-0.2, -0.15) is 0 Å². The lowest BCUT2D eigenvalue weighted by molar-refractivity contribution is -0.151. The van der Waals surface area contributed by atoms with Crippen LogP contribution < -0.4 is 0 Å². The van der Waals surface area contributed by atoms with Crippen molar-refractivity contribution in [2.24, 2.45) is 5.92 Å². The van der Waals surface area contributed by atoms with Crippen molar-refractivity contribution >= 4 is 22.6 Å². The molecule has 1 fully saturated rings. The molecule has 24 heavy (non-hydrogen) atoms. The van der Waals surface area contributed by atoms with Crippen LogP contribution in [0.4, 0.5) is 0 Å². The number of ether oxygens (including phenoxy) is 1. The lowest BCUT2D eigenvalue weighted by Crippen LogP contribution is -2.43. The van der Waals surface area contributed by atoms with E-state index in [0.717, 1.165) is 30.3 Å². The Morgan fingerprint density at radius 2 is 1.96 bits per heavy atom. The normalized spacial score (nSPS) is 17.7. The third-order valence-corrected chi connectivity index (χ3v) is 4.56. The molecule has 0 aromatic heterocycles. The molecule has 0 N–H and O–H groups in total. The molecule has 0 bridgehead atoms. The molecule has 4 nitrogen and oxygen atoms in total. The zero-order chi connectivity index (χ0) is 16.9. The van der Waals surface area contributed by atoms with E-state index in [0.29, 0.717) is 19.6 Å². The number of hydrogen-bond donors (Lipinski definition) is 0. The first-order valence-corrected chi connectivity index (χ1v) is 8.59. The predicted octanol–water partition coefficient (Wildman–Crippen LogP) is 3.18. The summed E-state index contributed by atoms with van der Waals surface area (Å²) in [7, 11) is 0. The van der Waals surface area contributed by atoms with Crippen LogP contribution in [-0.2, 0) is 20.7 Å². The van der Waals surface area contributed by atoms with Crippen molar-refractivity contribution in [2.75, 3.05) is 19.7 Å². The largest absolute Gasteiger partial charge is 0.466 e. The van der Waals surface area contributed by atoms with Gasteiger partial charge in [-0.3, -0.25) is 9.59 Å². The summed E-state index contributed by atoms with van der Waals surface area (Å²) < 4.78 is 5.10. The van der Waals surface area contributed by atoms with Gasteiger partial charge < -0.3 is 9.64 Å². The molecule has 0 aliphatic carbocycles. The summed E-state index contributed by atoms with van der Waals surface area (Å²) in [5.41, 5.74) is 1.01. The van der Waals surface area contributed by atoms with Crippen LogP contribution in [-0.4, -0.2) is 36.5 Å². The van der Waals surface area contributed by atoms with Gasteiger partial charge in [0, 0.05) is 13.1 Å². The van der Waals surface area contributed by atoms with Crippen LogP contribution in [0.25, 0.3) is 10.8 Å². The van der Waals surface area contributed by atoms with Gasteiger partial charge in [-0.05, 0) is 36.1 Å². The predicted molar refractivity (Wildman–Crippen MR) is 93.6 cm³/mol. The van der Waals surface area contributed by atoms with Gasteiger partial charge in [0.2, 0.25) is 5.91 Å². The third kappa shape index (κ3) is 3.75. The van der Waals surface area contributed by atoms with Crippen molar-refractivity contribution in [1.82, 2.24) is 4.90 Å². The zero-order valence-electron chi connectivity index (χ0n) is 14.0. The molecule has 1 aliphatic rings. The highest BCUT2D eigenvalue weighted by atomic mass is 16.5. The molecule has 2 aromatic rings. The molecule has 1 atom stereocenters.